The minimum atomic E-state index is -0.0345. The fourth-order valence-electron chi connectivity index (χ4n) is 2.44. The van der Waals surface area contributed by atoms with E-state index < -0.39 is 0 Å². The minimum Gasteiger partial charge on any atom is -0.355 e. The molecule has 1 aliphatic rings. The van der Waals surface area contributed by atoms with Gasteiger partial charge in [0.15, 0.2) is 0 Å². The zero-order valence-corrected chi connectivity index (χ0v) is 11.5. The third-order valence-corrected chi connectivity index (χ3v) is 3.60. The molecule has 1 fully saturated rings. The summed E-state index contributed by atoms with van der Waals surface area (Å²) in [7, 11) is 1.65. The molecule has 1 heterocycles. The molecule has 1 saturated heterocycles. The number of nitrogens with one attached hydrogen (secondary N) is 3. The van der Waals surface area contributed by atoms with Gasteiger partial charge in [-0.15, -0.1) is 0 Å². The minimum absolute atomic E-state index is 0.0345. The smallest absolute Gasteiger partial charge is 0.251 e. The average Bonchev–Trinajstić information content (AvgIpc) is 2.48. The van der Waals surface area contributed by atoms with Gasteiger partial charge in [-0.2, -0.15) is 0 Å². The number of carbonyl (C=O) groups excluding carboxylic acids is 1. The fraction of sp³-hybridized carbons (Fsp3) is 0.533. The molecule has 1 unspecified atom stereocenters. The van der Waals surface area contributed by atoms with Crippen LogP contribution in [0.25, 0.3) is 0 Å². The zero-order chi connectivity index (χ0) is 13.5. The van der Waals surface area contributed by atoms with Crippen molar-refractivity contribution in [3.8, 4) is 0 Å². The summed E-state index contributed by atoms with van der Waals surface area (Å²) in [5.74, 6) is 0.715. The van der Waals surface area contributed by atoms with Crippen LogP contribution in [0.2, 0.25) is 0 Å². The van der Waals surface area contributed by atoms with E-state index in [1.54, 1.807) is 7.05 Å². The molecule has 1 aromatic rings. The van der Waals surface area contributed by atoms with E-state index in [9.17, 15) is 4.79 Å². The number of benzene rings is 1. The summed E-state index contributed by atoms with van der Waals surface area (Å²) < 4.78 is 0. The maximum atomic E-state index is 11.4. The predicted octanol–water partition coefficient (Wildman–Crippen LogP) is 1.14. The van der Waals surface area contributed by atoms with Crippen molar-refractivity contribution in [3.63, 3.8) is 0 Å². The molecule has 0 spiro atoms. The molecule has 1 aromatic carbocycles. The van der Waals surface area contributed by atoms with E-state index in [0.29, 0.717) is 5.56 Å². The third-order valence-electron chi connectivity index (χ3n) is 3.60. The van der Waals surface area contributed by atoms with Gasteiger partial charge >= 0.3 is 0 Å². The number of amides is 1. The Morgan fingerprint density at radius 2 is 2.16 bits per heavy atom. The van der Waals surface area contributed by atoms with Gasteiger partial charge in [0, 0.05) is 19.2 Å². The van der Waals surface area contributed by atoms with Crippen LogP contribution < -0.4 is 16.0 Å². The van der Waals surface area contributed by atoms with Gasteiger partial charge in [0.1, 0.15) is 0 Å². The molecule has 0 aliphatic carbocycles. The highest BCUT2D eigenvalue weighted by molar-refractivity contribution is 5.93. The molecule has 0 bridgehead atoms. The van der Waals surface area contributed by atoms with Crippen LogP contribution in [-0.4, -0.2) is 32.6 Å². The Hall–Kier alpha value is -1.39. The van der Waals surface area contributed by atoms with Gasteiger partial charge in [-0.25, -0.2) is 0 Å². The topological polar surface area (TPSA) is 53.2 Å². The van der Waals surface area contributed by atoms with E-state index in [0.717, 1.165) is 32.1 Å². The molecule has 0 aromatic heterocycles. The van der Waals surface area contributed by atoms with Crippen LogP contribution in [0.3, 0.4) is 0 Å². The number of hydrogen-bond acceptors (Lipinski definition) is 3. The summed E-state index contributed by atoms with van der Waals surface area (Å²) in [6, 6.07) is 7.77. The summed E-state index contributed by atoms with van der Waals surface area (Å²) in [5.41, 5.74) is 1.93. The van der Waals surface area contributed by atoms with Gasteiger partial charge in [-0.05, 0) is 56.1 Å². The number of rotatable bonds is 5. The first kappa shape index (κ1) is 14.0. The monoisotopic (exact) mass is 261 g/mol. The van der Waals surface area contributed by atoms with E-state index in [1.807, 2.05) is 24.3 Å². The highest BCUT2D eigenvalue weighted by atomic mass is 16.1. The predicted molar refractivity (Wildman–Crippen MR) is 77.1 cm³/mol. The molecule has 4 heteroatoms. The Labute approximate surface area is 115 Å². The quantitative estimate of drug-likeness (QED) is 0.745. The Morgan fingerprint density at radius 3 is 2.79 bits per heavy atom. The number of piperidine rings is 1. The highest BCUT2D eigenvalue weighted by Gasteiger charge is 2.11. The SMILES string of the molecule is CNC(=O)c1ccc(CNCC2CCCNC2)cc1. The lowest BCUT2D eigenvalue weighted by atomic mass is 10.00. The van der Waals surface area contributed by atoms with E-state index in [1.165, 1.54) is 18.4 Å². The molecular weight excluding hydrogens is 238 g/mol. The second-order valence-corrected chi connectivity index (χ2v) is 5.12. The van der Waals surface area contributed by atoms with Crippen LogP contribution in [0.5, 0.6) is 0 Å². The molecule has 0 radical (unpaired) electrons. The van der Waals surface area contributed by atoms with Crippen LogP contribution >= 0.6 is 0 Å². The summed E-state index contributed by atoms with van der Waals surface area (Å²) in [4.78, 5) is 11.4. The summed E-state index contributed by atoms with van der Waals surface area (Å²) >= 11 is 0. The fourth-order valence-corrected chi connectivity index (χ4v) is 2.44. The first-order valence-electron chi connectivity index (χ1n) is 7.02. The standard InChI is InChI=1S/C15H23N3O/c1-16-15(19)14-6-4-12(5-7-14)9-18-11-13-3-2-8-17-10-13/h4-7,13,17-18H,2-3,8-11H2,1H3,(H,16,19). The maximum absolute atomic E-state index is 11.4. The van der Waals surface area contributed by atoms with Crippen LogP contribution in [0.15, 0.2) is 24.3 Å². The normalized spacial score (nSPS) is 19.1. The van der Waals surface area contributed by atoms with Crippen molar-refractivity contribution in [2.45, 2.75) is 19.4 Å². The summed E-state index contributed by atoms with van der Waals surface area (Å²) in [5, 5.41) is 9.54. The lowest BCUT2D eigenvalue weighted by Gasteiger charge is -2.23. The summed E-state index contributed by atoms with van der Waals surface area (Å²) in [6.45, 7) is 4.22. The number of hydrogen-bond donors (Lipinski definition) is 3. The molecular formula is C15H23N3O. The van der Waals surface area contributed by atoms with Gasteiger partial charge in [0.05, 0.1) is 0 Å². The first-order valence-corrected chi connectivity index (χ1v) is 7.02. The van der Waals surface area contributed by atoms with E-state index >= 15 is 0 Å². The van der Waals surface area contributed by atoms with Crippen LogP contribution in [0, 0.1) is 5.92 Å². The molecule has 3 N–H and O–H groups in total. The van der Waals surface area contributed by atoms with Crippen molar-refractivity contribution in [3.05, 3.63) is 35.4 Å². The van der Waals surface area contributed by atoms with Crippen LogP contribution in [0.1, 0.15) is 28.8 Å². The molecule has 1 aliphatic heterocycles. The van der Waals surface area contributed by atoms with Crippen molar-refractivity contribution in [1.29, 1.82) is 0 Å². The second kappa shape index (κ2) is 7.26. The number of carbonyl (C=O) groups is 1. The van der Waals surface area contributed by atoms with Crippen molar-refractivity contribution >= 4 is 5.91 Å². The van der Waals surface area contributed by atoms with Crippen LogP contribution in [-0.2, 0) is 6.54 Å². The molecule has 4 nitrogen and oxygen atoms in total. The molecule has 19 heavy (non-hydrogen) atoms. The third kappa shape index (κ3) is 4.33. The van der Waals surface area contributed by atoms with Gasteiger partial charge in [-0.3, -0.25) is 4.79 Å². The summed E-state index contributed by atoms with van der Waals surface area (Å²) in [6.07, 6.45) is 2.60. The van der Waals surface area contributed by atoms with Crippen molar-refractivity contribution in [2.24, 2.45) is 5.92 Å². The van der Waals surface area contributed by atoms with Crippen LogP contribution in [0.4, 0.5) is 0 Å². The molecule has 1 amide bonds. The highest BCUT2D eigenvalue weighted by Crippen LogP contribution is 2.09. The Morgan fingerprint density at radius 1 is 1.37 bits per heavy atom. The Kier molecular flexibility index (Phi) is 5.36. The second-order valence-electron chi connectivity index (χ2n) is 5.12. The largest absolute Gasteiger partial charge is 0.355 e. The maximum Gasteiger partial charge on any atom is 0.251 e. The first-order chi connectivity index (χ1) is 9.29. The van der Waals surface area contributed by atoms with E-state index in [4.69, 9.17) is 0 Å². The molecule has 0 saturated carbocycles. The Bertz CT molecular complexity index is 396. The molecule has 2 rings (SSSR count). The zero-order valence-electron chi connectivity index (χ0n) is 11.5. The van der Waals surface area contributed by atoms with Gasteiger partial charge < -0.3 is 16.0 Å². The van der Waals surface area contributed by atoms with E-state index in [2.05, 4.69) is 16.0 Å². The van der Waals surface area contributed by atoms with Crippen molar-refractivity contribution in [1.82, 2.24) is 16.0 Å². The lowest BCUT2D eigenvalue weighted by molar-refractivity contribution is 0.0963. The van der Waals surface area contributed by atoms with Gasteiger partial charge in [0.25, 0.3) is 5.91 Å². The molecule has 1 atom stereocenters. The van der Waals surface area contributed by atoms with E-state index in [-0.39, 0.29) is 5.91 Å². The van der Waals surface area contributed by atoms with Gasteiger partial charge in [-0.1, -0.05) is 12.1 Å². The average molecular weight is 261 g/mol. The lowest BCUT2D eigenvalue weighted by Crippen LogP contribution is -2.35. The molecule has 104 valence electrons. The van der Waals surface area contributed by atoms with Crippen molar-refractivity contribution < 1.29 is 4.79 Å². The van der Waals surface area contributed by atoms with Gasteiger partial charge in [0.2, 0.25) is 0 Å². The Balaban J connectivity index is 1.75. The van der Waals surface area contributed by atoms with Crippen molar-refractivity contribution in [2.75, 3.05) is 26.7 Å².